The molecular weight excluding hydrogens is 386 g/mol. The molecule has 30 heavy (non-hydrogen) atoms. The van der Waals surface area contributed by atoms with Gasteiger partial charge in [0, 0.05) is 26.1 Å². The second kappa shape index (κ2) is 9.38. The van der Waals surface area contributed by atoms with Crippen molar-refractivity contribution < 1.29 is 19.1 Å². The lowest BCUT2D eigenvalue weighted by atomic mass is 10.1. The molecule has 8 heteroatoms. The number of carbonyl (C=O) groups excluding carboxylic acids is 2. The van der Waals surface area contributed by atoms with Gasteiger partial charge in [-0.3, -0.25) is 14.2 Å². The summed E-state index contributed by atoms with van der Waals surface area (Å²) in [5.41, 5.74) is 0.701. The van der Waals surface area contributed by atoms with Crippen molar-refractivity contribution >= 4 is 22.8 Å². The number of aryl methyl sites for hydroxylation is 1. The van der Waals surface area contributed by atoms with Gasteiger partial charge < -0.3 is 14.8 Å². The molecule has 3 heterocycles. The number of benzene rings is 1. The zero-order valence-electron chi connectivity index (χ0n) is 17.0. The number of nitrogens with one attached hydrogen (secondary N) is 1. The summed E-state index contributed by atoms with van der Waals surface area (Å²) < 4.78 is 12.3. The van der Waals surface area contributed by atoms with Crippen molar-refractivity contribution in [3.63, 3.8) is 0 Å². The number of ether oxygens (including phenoxy) is 2. The third-order valence-corrected chi connectivity index (χ3v) is 5.69. The number of hydrogen-bond acceptors (Lipinski definition) is 6. The van der Waals surface area contributed by atoms with Gasteiger partial charge in [0.15, 0.2) is 6.61 Å². The first kappa shape index (κ1) is 20.5. The zero-order valence-corrected chi connectivity index (χ0v) is 17.0. The van der Waals surface area contributed by atoms with E-state index in [9.17, 15) is 14.4 Å². The van der Waals surface area contributed by atoms with E-state index in [0.717, 1.165) is 57.4 Å². The number of hydrogen-bond donors (Lipinski definition) is 1. The number of aromatic nitrogens is 2. The van der Waals surface area contributed by atoms with Crippen molar-refractivity contribution in [1.29, 1.82) is 0 Å². The normalized spacial score (nSPS) is 19.0. The van der Waals surface area contributed by atoms with Crippen molar-refractivity contribution in [1.82, 2.24) is 14.9 Å². The third kappa shape index (κ3) is 4.70. The molecule has 4 rings (SSSR count). The largest absolute Gasteiger partial charge is 0.452 e. The number of esters is 1. The number of nitrogens with zero attached hydrogens (tertiary/aromatic N) is 2. The Balaban J connectivity index is 1.43. The van der Waals surface area contributed by atoms with E-state index < -0.39 is 5.97 Å². The van der Waals surface area contributed by atoms with E-state index in [1.165, 1.54) is 0 Å². The van der Waals surface area contributed by atoms with Crippen LogP contribution in [-0.4, -0.2) is 47.3 Å². The number of amides is 1. The minimum absolute atomic E-state index is 0.0368. The van der Waals surface area contributed by atoms with Crippen molar-refractivity contribution in [2.45, 2.75) is 57.6 Å². The molecule has 0 radical (unpaired) electrons. The Labute approximate surface area is 174 Å². The van der Waals surface area contributed by atoms with Gasteiger partial charge in [0.2, 0.25) is 0 Å². The Hall–Kier alpha value is -2.74. The summed E-state index contributed by atoms with van der Waals surface area (Å²) in [4.78, 5) is 41.8. The highest BCUT2D eigenvalue weighted by atomic mass is 16.5. The molecule has 0 aliphatic carbocycles. The van der Waals surface area contributed by atoms with Gasteiger partial charge >= 0.3 is 5.97 Å². The Morgan fingerprint density at radius 3 is 2.90 bits per heavy atom. The van der Waals surface area contributed by atoms with E-state index in [-0.39, 0.29) is 29.7 Å². The molecule has 1 aromatic carbocycles. The van der Waals surface area contributed by atoms with Gasteiger partial charge in [-0.1, -0.05) is 12.8 Å². The molecule has 0 unspecified atom stereocenters. The van der Waals surface area contributed by atoms with E-state index in [4.69, 9.17) is 9.47 Å². The Morgan fingerprint density at radius 1 is 1.20 bits per heavy atom. The lowest BCUT2D eigenvalue weighted by Gasteiger charge is -2.16. The van der Waals surface area contributed by atoms with Crippen molar-refractivity contribution in [3.05, 3.63) is 39.9 Å². The summed E-state index contributed by atoms with van der Waals surface area (Å²) in [5.74, 6) is -0.207. The Kier molecular flexibility index (Phi) is 6.42. The topological polar surface area (TPSA) is 99.5 Å². The lowest BCUT2D eigenvalue weighted by molar-refractivity contribution is -0.124. The third-order valence-electron chi connectivity index (χ3n) is 5.69. The van der Waals surface area contributed by atoms with Crippen LogP contribution < -0.4 is 10.9 Å². The van der Waals surface area contributed by atoms with E-state index in [0.29, 0.717) is 24.0 Å². The first-order valence-electron chi connectivity index (χ1n) is 10.7. The number of rotatable bonds is 5. The summed E-state index contributed by atoms with van der Waals surface area (Å²) in [6.45, 7) is 1.47. The highest BCUT2D eigenvalue weighted by Gasteiger charge is 2.18. The average molecular weight is 413 g/mol. The fourth-order valence-electron chi connectivity index (χ4n) is 4.02. The van der Waals surface area contributed by atoms with E-state index in [1.54, 1.807) is 22.8 Å². The minimum Gasteiger partial charge on any atom is -0.452 e. The SMILES string of the molecule is O=C(COC(=O)c1ccc2c(=O)n3c(nc2c1)CCCCCC3)NC[C@H]1CCCO1. The minimum atomic E-state index is -0.613. The predicted octanol–water partition coefficient (Wildman–Crippen LogP) is 1.96. The second-order valence-electron chi connectivity index (χ2n) is 7.90. The maximum absolute atomic E-state index is 12.9. The molecule has 8 nitrogen and oxygen atoms in total. The lowest BCUT2D eigenvalue weighted by Crippen LogP contribution is -2.34. The molecule has 1 atom stereocenters. The molecule has 2 aliphatic heterocycles. The molecule has 2 aromatic rings. The standard InChI is InChI=1S/C22H27N3O5/c26-20(23-13-16-6-5-11-29-16)14-30-22(28)15-8-9-17-18(12-15)24-19-7-3-1-2-4-10-25(19)21(17)27/h8-9,12,16H,1-7,10-11,13-14H2,(H,23,26)/t16-/m1/s1. The first-order chi connectivity index (χ1) is 14.6. The quantitative estimate of drug-likeness (QED) is 0.753. The van der Waals surface area contributed by atoms with Gasteiger partial charge in [-0.25, -0.2) is 9.78 Å². The monoisotopic (exact) mass is 413 g/mol. The van der Waals surface area contributed by atoms with Crippen LogP contribution >= 0.6 is 0 Å². The van der Waals surface area contributed by atoms with Crippen LogP contribution in [0, 0.1) is 0 Å². The van der Waals surface area contributed by atoms with Crippen LogP contribution in [0.1, 0.15) is 54.7 Å². The summed E-state index contributed by atoms with van der Waals surface area (Å²) in [5, 5.41) is 3.21. The predicted molar refractivity (Wildman–Crippen MR) is 110 cm³/mol. The average Bonchev–Trinajstić information content (AvgIpc) is 3.25. The fourth-order valence-corrected chi connectivity index (χ4v) is 4.02. The molecule has 1 fully saturated rings. The van der Waals surface area contributed by atoms with Crippen LogP contribution in [-0.2, 0) is 27.2 Å². The highest BCUT2D eigenvalue weighted by molar-refractivity contribution is 5.95. The molecule has 160 valence electrons. The molecule has 0 bridgehead atoms. The summed E-state index contributed by atoms with van der Waals surface area (Å²) in [6.07, 6.45) is 6.94. The van der Waals surface area contributed by atoms with Crippen LogP contribution in [0.25, 0.3) is 10.9 Å². The van der Waals surface area contributed by atoms with Gasteiger partial charge in [-0.2, -0.15) is 0 Å². The van der Waals surface area contributed by atoms with Crippen LogP contribution in [0.4, 0.5) is 0 Å². The van der Waals surface area contributed by atoms with Crippen LogP contribution in [0.2, 0.25) is 0 Å². The summed E-state index contributed by atoms with van der Waals surface area (Å²) >= 11 is 0. The number of fused-ring (bicyclic) bond motifs is 2. The van der Waals surface area contributed by atoms with Gasteiger partial charge in [-0.15, -0.1) is 0 Å². The molecule has 0 saturated carbocycles. The summed E-state index contributed by atoms with van der Waals surface area (Å²) in [7, 11) is 0. The van der Waals surface area contributed by atoms with Gasteiger partial charge in [-0.05, 0) is 43.9 Å². The Bertz CT molecular complexity index is 994. The highest BCUT2D eigenvalue weighted by Crippen LogP contribution is 2.17. The van der Waals surface area contributed by atoms with Crippen LogP contribution in [0.5, 0.6) is 0 Å². The van der Waals surface area contributed by atoms with Crippen molar-refractivity contribution in [2.24, 2.45) is 0 Å². The molecule has 2 aliphatic rings. The van der Waals surface area contributed by atoms with Crippen LogP contribution in [0.15, 0.2) is 23.0 Å². The van der Waals surface area contributed by atoms with Gasteiger partial charge in [0.1, 0.15) is 5.82 Å². The molecule has 1 N–H and O–H groups in total. The zero-order chi connectivity index (χ0) is 20.9. The van der Waals surface area contributed by atoms with Gasteiger partial charge in [0.25, 0.3) is 11.5 Å². The first-order valence-corrected chi connectivity index (χ1v) is 10.7. The summed E-state index contributed by atoms with van der Waals surface area (Å²) in [6, 6.07) is 4.74. The molecule has 1 amide bonds. The van der Waals surface area contributed by atoms with Crippen molar-refractivity contribution in [2.75, 3.05) is 19.8 Å². The molecular formula is C22H27N3O5. The molecule has 1 saturated heterocycles. The number of carbonyl (C=O) groups is 2. The Morgan fingerprint density at radius 2 is 2.07 bits per heavy atom. The second-order valence-corrected chi connectivity index (χ2v) is 7.90. The smallest absolute Gasteiger partial charge is 0.338 e. The maximum Gasteiger partial charge on any atom is 0.338 e. The van der Waals surface area contributed by atoms with Crippen molar-refractivity contribution in [3.8, 4) is 0 Å². The van der Waals surface area contributed by atoms with Gasteiger partial charge in [0.05, 0.1) is 22.6 Å². The maximum atomic E-state index is 12.9. The molecule has 1 aromatic heterocycles. The van der Waals surface area contributed by atoms with Crippen LogP contribution in [0.3, 0.4) is 0 Å². The van der Waals surface area contributed by atoms with E-state index in [2.05, 4.69) is 10.3 Å². The molecule has 0 spiro atoms. The van der Waals surface area contributed by atoms with E-state index >= 15 is 0 Å². The fraction of sp³-hybridized carbons (Fsp3) is 0.545. The van der Waals surface area contributed by atoms with E-state index in [1.807, 2.05) is 0 Å².